The van der Waals surface area contributed by atoms with E-state index in [9.17, 15) is 14.3 Å². The largest absolute Gasteiger partial charge is 0.443 e. The number of anilines is 1. The molecule has 2 aliphatic heterocycles. The molecule has 2 aromatic carbocycles. The number of ether oxygens (including phenoxy) is 1. The Morgan fingerprint density at radius 2 is 1.75 bits per heavy atom. The van der Waals surface area contributed by atoms with E-state index in [2.05, 4.69) is 4.90 Å². The average Bonchev–Trinajstić information content (AvgIpc) is 3.05. The molecule has 0 aliphatic carbocycles. The summed E-state index contributed by atoms with van der Waals surface area (Å²) in [5.41, 5.74) is 0.572. The minimum absolute atomic E-state index is 0.222. The van der Waals surface area contributed by atoms with E-state index in [1.807, 2.05) is 0 Å². The van der Waals surface area contributed by atoms with Gasteiger partial charge in [-0.15, -0.1) is 0 Å². The van der Waals surface area contributed by atoms with E-state index in [1.54, 1.807) is 41.3 Å². The van der Waals surface area contributed by atoms with Crippen molar-refractivity contribution in [1.82, 2.24) is 4.90 Å². The number of carbonyl (C=O) groups is 1. The van der Waals surface area contributed by atoms with Crippen molar-refractivity contribution in [2.24, 2.45) is 0 Å². The first-order chi connectivity index (χ1) is 13.4. The first-order valence-electron chi connectivity index (χ1n) is 9.37. The second kappa shape index (κ2) is 7.70. The van der Waals surface area contributed by atoms with Crippen LogP contribution in [0.3, 0.4) is 0 Å². The number of nitrogens with zero attached hydrogens (tertiary/aromatic N) is 2. The maximum absolute atomic E-state index is 13.1. The van der Waals surface area contributed by atoms with Crippen molar-refractivity contribution in [1.29, 1.82) is 0 Å². The van der Waals surface area contributed by atoms with Crippen LogP contribution in [0.2, 0.25) is 5.02 Å². The Bertz CT molecular complexity index is 836. The van der Waals surface area contributed by atoms with Gasteiger partial charge in [0.05, 0.1) is 12.1 Å². The Morgan fingerprint density at radius 3 is 2.39 bits per heavy atom. The van der Waals surface area contributed by atoms with Crippen LogP contribution in [0.1, 0.15) is 18.4 Å². The highest BCUT2D eigenvalue weighted by atomic mass is 35.5. The van der Waals surface area contributed by atoms with Crippen LogP contribution < -0.4 is 4.90 Å². The third-order valence-electron chi connectivity index (χ3n) is 5.54. The maximum Gasteiger partial charge on any atom is 0.414 e. The van der Waals surface area contributed by atoms with Crippen molar-refractivity contribution >= 4 is 23.4 Å². The molecule has 0 radical (unpaired) electrons. The number of piperidine rings is 1. The van der Waals surface area contributed by atoms with Crippen molar-refractivity contribution in [2.75, 3.05) is 31.1 Å². The smallest absolute Gasteiger partial charge is 0.414 e. The minimum Gasteiger partial charge on any atom is -0.443 e. The van der Waals surface area contributed by atoms with Crippen LogP contribution in [-0.4, -0.2) is 48.4 Å². The monoisotopic (exact) mass is 404 g/mol. The Labute approximate surface area is 168 Å². The molecule has 28 heavy (non-hydrogen) atoms. The number of hydrogen-bond acceptors (Lipinski definition) is 4. The molecule has 148 valence electrons. The van der Waals surface area contributed by atoms with Gasteiger partial charge in [0.15, 0.2) is 0 Å². The van der Waals surface area contributed by atoms with Gasteiger partial charge in [-0.3, -0.25) is 9.80 Å². The third kappa shape index (κ3) is 3.99. The molecule has 4 rings (SSSR count). The maximum atomic E-state index is 13.1. The first-order valence-corrected chi connectivity index (χ1v) is 9.75. The average molecular weight is 405 g/mol. The quantitative estimate of drug-likeness (QED) is 0.842. The molecule has 2 aromatic rings. The lowest BCUT2D eigenvalue weighted by atomic mass is 9.84. The Kier molecular flexibility index (Phi) is 5.27. The van der Waals surface area contributed by atoms with Gasteiger partial charge < -0.3 is 9.84 Å². The zero-order chi connectivity index (χ0) is 19.7. The lowest BCUT2D eigenvalue weighted by molar-refractivity contribution is -0.0325. The fraction of sp³-hybridized carbons (Fsp3) is 0.381. The van der Waals surface area contributed by atoms with E-state index in [1.165, 1.54) is 12.1 Å². The highest BCUT2D eigenvalue weighted by Crippen LogP contribution is 2.33. The number of hydrogen-bond donors (Lipinski definition) is 1. The summed E-state index contributed by atoms with van der Waals surface area (Å²) >= 11 is 5.91. The van der Waals surface area contributed by atoms with Crippen LogP contribution in [0, 0.1) is 5.82 Å². The molecule has 0 bridgehead atoms. The summed E-state index contributed by atoms with van der Waals surface area (Å²) in [5, 5.41) is 11.5. The molecule has 0 spiro atoms. The summed E-state index contributed by atoms with van der Waals surface area (Å²) in [4.78, 5) is 16.0. The molecule has 1 amide bonds. The number of amides is 1. The van der Waals surface area contributed by atoms with E-state index < -0.39 is 5.60 Å². The number of cyclic esters (lactones) is 1. The highest BCUT2D eigenvalue weighted by Gasteiger charge is 2.37. The van der Waals surface area contributed by atoms with E-state index in [0.717, 1.165) is 11.3 Å². The molecular formula is C21H22ClFN2O3. The van der Waals surface area contributed by atoms with Crippen molar-refractivity contribution in [2.45, 2.75) is 24.5 Å². The molecule has 2 heterocycles. The summed E-state index contributed by atoms with van der Waals surface area (Å²) < 4.78 is 18.7. The standard InChI is InChI=1S/C21H22ClFN2O3/c22-16-3-7-18(8-4-16)25-14-19(28-20(25)26)13-24-11-9-21(27,10-12-24)15-1-5-17(23)6-2-15/h1-8,19,27H,9-14H2. The summed E-state index contributed by atoms with van der Waals surface area (Å²) in [6.07, 6.45) is 0.535. The molecule has 0 saturated carbocycles. The summed E-state index contributed by atoms with van der Waals surface area (Å²) in [5.74, 6) is -0.307. The van der Waals surface area contributed by atoms with E-state index in [0.29, 0.717) is 44.0 Å². The molecule has 1 unspecified atom stereocenters. The Morgan fingerprint density at radius 1 is 1.11 bits per heavy atom. The molecule has 5 nitrogen and oxygen atoms in total. The normalized spacial score (nSPS) is 22.3. The zero-order valence-electron chi connectivity index (χ0n) is 15.4. The van der Waals surface area contributed by atoms with Crippen LogP contribution in [0.4, 0.5) is 14.9 Å². The van der Waals surface area contributed by atoms with Gasteiger partial charge in [0, 0.05) is 30.3 Å². The topological polar surface area (TPSA) is 53.0 Å². The molecule has 2 saturated heterocycles. The van der Waals surface area contributed by atoms with E-state index >= 15 is 0 Å². The van der Waals surface area contributed by atoms with Crippen molar-refractivity contribution in [3.05, 3.63) is 64.9 Å². The highest BCUT2D eigenvalue weighted by molar-refractivity contribution is 6.30. The molecule has 2 fully saturated rings. The molecule has 1 atom stereocenters. The molecular weight excluding hydrogens is 383 g/mol. The van der Waals surface area contributed by atoms with Crippen molar-refractivity contribution < 1.29 is 19.0 Å². The second-order valence-electron chi connectivity index (χ2n) is 7.43. The second-order valence-corrected chi connectivity index (χ2v) is 7.87. The third-order valence-corrected chi connectivity index (χ3v) is 5.79. The Hall–Kier alpha value is -2.15. The van der Waals surface area contributed by atoms with Crippen LogP contribution in [0.15, 0.2) is 48.5 Å². The number of benzene rings is 2. The lowest BCUT2D eigenvalue weighted by Crippen LogP contribution is -2.45. The molecule has 1 N–H and O–H groups in total. The first kappa shape index (κ1) is 19.2. The minimum atomic E-state index is -0.939. The molecule has 7 heteroatoms. The number of halogens is 2. The number of carbonyl (C=O) groups excluding carboxylic acids is 1. The van der Waals surface area contributed by atoms with Crippen molar-refractivity contribution in [3.63, 3.8) is 0 Å². The van der Waals surface area contributed by atoms with Gasteiger partial charge in [-0.05, 0) is 54.8 Å². The van der Waals surface area contributed by atoms with Gasteiger partial charge in [0.2, 0.25) is 0 Å². The van der Waals surface area contributed by atoms with Gasteiger partial charge in [-0.25, -0.2) is 9.18 Å². The predicted molar refractivity (Wildman–Crippen MR) is 105 cm³/mol. The SMILES string of the molecule is O=C1OC(CN2CCC(O)(c3ccc(F)cc3)CC2)CN1c1ccc(Cl)cc1. The fourth-order valence-corrected chi connectivity index (χ4v) is 4.02. The van der Waals surface area contributed by atoms with Gasteiger partial charge in [0.25, 0.3) is 0 Å². The predicted octanol–water partition coefficient (Wildman–Crippen LogP) is 3.79. The summed E-state index contributed by atoms with van der Waals surface area (Å²) in [6, 6.07) is 13.1. The van der Waals surface area contributed by atoms with Crippen LogP contribution >= 0.6 is 11.6 Å². The summed E-state index contributed by atoms with van der Waals surface area (Å²) in [7, 11) is 0. The van der Waals surface area contributed by atoms with E-state index in [-0.39, 0.29) is 18.0 Å². The van der Waals surface area contributed by atoms with E-state index in [4.69, 9.17) is 16.3 Å². The van der Waals surface area contributed by atoms with Gasteiger partial charge >= 0.3 is 6.09 Å². The van der Waals surface area contributed by atoms with Crippen molar-refractivity contribution in [3.8, 4) is 0 Å². The summed E-state index contributed by atoms with van der Waals surface area (Å²) in [6.45, 7) is 2.47. The Balaban J connectivity index is 1.33. The molecule has 2 aliphatic rings. The van der Waals surface area contributed by atoms with Gasteiger partial charge in [0.1, 0.15) is 11.9 Å². The zero-order valence-corrected chi connectivity index (χ0v) is 16.1. The van der Waals surface area contributed by atoms with Crippen LogP contribution in [0.5, 0.6) is 0 Å². The number of aliphatic hydroxyl groups is 1. The fourth-order valence-electron chi connectivity index (χ4n) is 3.89. The number of rotatable bonds is 4. The van der Waals surface area contributed by atoms with Gasteiger partial charge in [-0.1, -0.05) is 23.7 Å². The lowest BCUT2D eigenvalue weighted by Gasteiger charge is -2.39. The molecule has 0 aromatic heterocycles. The number of likely N-dealkylation sites (tertiary alicyclic amines) is 1. The van der Waals surface area contributed by atoms with Crippen LogP contribution in [0.25, 0.3) is 0 Å². The van der Waals surface area contributed by atoms with Crippen LogP contribution in [-0.2, 0) is 10.3 Å². The van der Waals surface area contributed by atoms with Gasteiger partial charge in [-0.2, -0.15) is 0 Å².